The van der Waals surface area contributed by atoms with Crippen molar-refractivity contribution in [2.45, 2.75) is 12.6 Å². The van der Waals surface area contributed by atoms with Gasteiger partial charge in [-0.3, -0.25) is 14.9 Å². The molecule has 0 aliphatic rings. The second-order valence-corrected chi connectivity index (χ2v) is 4.35. The highest BCUT2D eigenvalue weighted by atomic mass is 32.1. The van der Waals surface area contributed by atoms with Crippen molar-refractivity contribution in [1.29, 1.82) is 0 Å². The molecule has 0 heterocycles. The third-order valence-corrected chi connectivity index (χ3v) is 3.04. The maximum atomic E-state index is 11.5. The largest absolute Gasteiger partial charge is 0.493 e. The highest BCUT2D eigenvalue weighted by Crippen LogP contribution is 2.34. The average molecular weight is 316 g/mol. The summed E-state index contributed by atoms with van der Waals surface area (Å²) in [5, 5.41) is 11.1. The van der Waals surface area contributed by atoms with Gasteiger partial charge in [0.05, 0.1) is 30.8 Å². The Morgan fingerprint density at radius 3 is 2.43 bits per heavy atom. The Bertz CT molecular complexity index is 537. The number of carbonyl (C=O) groups excluding carboxylic acids is 1. The minimum Gasteiger partial charge on any atom is -0.493 e. The second kappa shape index (κ2) is 7.70. The first-order chi connectivity index (χ1) is 9.94. The lowest BCUT2D eigenvalue weighted by atomic mass is 10.1. The van der Waals surface area contributed by atoms with Gasteiger partial charge in [0.15, 0.2) is 11.5 Å². The highest BCUT2D eigenvalue weighted by Gasteiger charge is 2.21. The van der Waals surface area contributed by atoms with Crippen molar-refractivity contribution in [1.82, 2.24) is 0 Å². The number of rotatable bonds is 7. The molecule has 1 atom stereocenters. The minimum absolute atomic E-state index is 0.118. The fourth-order valence-corrected chi connectivity index (χ4v) is 1.68. The van der Waals surface area contributed by atoms with Crippen LogP contribution in [0.5, 0.6) is 11.5 Å². The van der Waals surface area contributed by atoms with E-state index in [0.717, 1.165) is 0 Å². The predicted molar refractivity (Wildman–Crippen MR) is 77.8 cm³/mol. The van der Waals surface area contributed by atoms with E-state index in [1.807, 2.05) is 0 Å². The number of esters is 1. The van der Waals surface area contributed by atoms with Gasteiger partial charge in [-0.1, -0.05) is 0 Å². The number of ether oxygens (including phenoxy) is 3. The Hall–Kier alpha value is -2.00. The van der Waals surface area contributed by atoms with Gasteiger partial charge in [0, 0.05) is 5.75 Å². The summed E-state index contributed by atoms with van der Waals surface area (Å²) < 4.78 is 15.0. The Labute approximate surface area is 126 Å². The molecular formula is C12H16N2O6S. The summed E-state index contributed by atoms with van der Waals surface area (Å²) in [4.78, 5) is 21.9. The van der Waals surface area contributed by atoms with Crippen LogP contribution in [0.1, 0.15) is 5.56 Å². The first kappa shape index (κ1) is 17.1. The molecule has 0 saturated heterocycles. The maximum Gasteiger partial charge on any atom is 0.324 e. The van der Waals surface area contributed by atoms with Crippen LogP contribution in [0.2, 0.25) is 0 Å². The van der Waals surface area contributed by atoms with Crippen LogP contribution >= 0.6 is 12.6 Å². The fraction of sp³-hybridized carbons (Fsp3) is 0.417. The van der Waals surface area contributed by atoms with Gasteiger partial charge in [0.25, 0.3) is 5.69 Å². The molecule has 0 fully saturated rings. The van der Waals surface area contributed by atoms with Crippen LogP contribution < -0.4 is 15.2 Å². The van der Waals surface area contributed by atoms with Crippen LogP contribution in [-0.2, 0) is 16.1 Å². The number of carbonyl (C=O) groups is 1. The smallest absolute Gasteiger partial charge is 0.324 e. The molecule has 0 aromatic heterocycles. The molecule has 1 rings (SSSR count). The van der Waals surface area contributed by atoms with Crippen molar-refractivity contribution in [2.24, 2.45) is 5.73 Å². The van der Waals surface area contributed by atoms with Crippen LogP contribution in [0.4, 0.5) is 5.69 Å². The molecule has 1 aromatic rings. The lowest BCUT2D eigenvalue weighted by molar-refractivity contribution is -0.385. The van der Waals surface area contributed by atoms with Crippen molar-refractivity contribution in [3.8, 4) is 11.5 Å². The van der Waals surface area contributed by atoms with Crippen molar-refractivity contribution in [3.05, 3.63) is 27.8 Å². The van der Waals surface area contributed by atoms with E-state index in [4.69, 9.17) is 19.9 Å². The van der Waals surface area contributed by atoms with Crippen molar-refractivity contribution in [3.63, 3.8) is 0 Å². The number of methoxy groups -OCH3 is 2. The van der Waals surface area contributed by atoms with E-state index in [1.54, 1.807) is 0 Å². The Balaban J connectivity index is 3.04. The molecule has 0 bridgehead atoms. The second-order valence-electron chi connectivity index (χ2n) is 3.99. The van der Waals surface area contributed by atoms with Crippen LogP contribution in [0, 0.1) is 10.1 Å². The SMILES string of the molecule is COc1cc(COC(=O)[C@@H](N)CS)c([N+](=O)[O-])cc1OC. The van der Waals surface area contributed by atoms with Crippen molar-refractivity contribution in [2.75, 3.05) is 20.0 Å². The minimum atomic E-state index is -0.882. The molecule has 8 nitrogen and oxygen atoms in total. The van der Waals surface area contributed by atoms with E-state index in [2.05, 4.69) is 12.6 Å². The first-order valence-electron chi connectivity index (χ1n) is 5.87. The molecule has 0 unspecified atom stereocenters. The topological polar surface area (TPSA) is 114 Å². The van der Waals surface area contributed by atoms with E-state index in [0.29, 0.717) is 5.75 Å². The first-order valence-corrected chi connectivity index (χ1v) is 6.50. The lowest BCUT2D eigenvalue weighted by Gasteiger charge is -2.12. The number of nitrogens with two attached hydrogens (primary N) is 1. The van der Waals surface area contributed by atoms with Gasteiger partial charge in [0.1, 0.15) is 12.6 Å². The summed E-state index contributed by atoms with van der Waals surface area (Å²) in [6.07, 6.45) is 0. The average Bonchev–Trinajstić information content (AvgIpc) is 2.50. The van der Waals surface area contributed by atoms with Gasteiger partial charge in [-0.15, -0.1) is 0 Å². The zero-order chi connectivity index (χ0) is 16.0. The monoisotopic (exact) mass is 316 g/mol. The van der Waals surface area contributed by atoms with Crippen LogP contribution in [-0.4, -0.2) is 36.9 Å². The molecule has 0 radical (unpaired) electrons. The van der Waals surface area contributed by atoms with Gasteiger partial charge in [-0.05, 0) is 6.07 Å². The molecule has 21 heavy (non-hydrogen) atoms. The third kappa shape index (κ3) is 4.23. The quantitative estimate of drug-likeness (QED) is 0.332. The van der Waals surface area contributed by atoms with Gasteiger partial charge in [-0.2, -0.15) is 12.6 Å². The third-order valence-electron chi connectivity index (χ3n) is 2.65. The number of benzene rings is 1. The zero-order valence-corrected chi connectivity index (χ0v) is 12.5. The summed E-state index contributed by atoms with van der Waals surface area (Å²) in [5.41, 5.74) is 5.39. The Morgan fingerprint density at radius 1 is 1.38 bits per heavy atom. The van der Waals surface area contributed by atoms with E-state index < -0.39 is 16.9 Å². The van der Waals surface area contributed by atoms with Crippen molar-refractivity contribution < 1.29 is 23.9 Å². The standard InChI is InChI=1S/C12H16N2O6S/c1-18-10-3-7(5-20-12(15)8(13)6-21)9(14(16)17)4-11(10)19-2/h3-4,8,21H,5-6,13H2,1-2H3/t8-/m0/s1. The van der Waals surface area contributed by atoms with Crippen LogP contribution in [0.25, 0.3) is 0 Å². The van der Waals surface area contributed by atoms with Crippen LogP contribution in [0.15, 0.2) is 12.1 Å². The van der Waals surface area contributed by atoms with Gasteiger partial charge in [-0.25, -0.2) is 0 Å². The molecule has 0 aliphatic carbocycles. The van der Waals surface area contributed by atoms with Crippen LogP contribution in [0.3, 0.4) is 0 Å². The summed E-state index contributed by atoms with van der Waals surface area (Å²) in [7, 11) is 2.77. The lowest BCUT2D eigenvalue weighted by Crippen LogP contribution is -2.33. The molecule has 9 heteroatoms. The molecule has 0 saturated carbocycles. The van der Waals surface area contributed by atoms with E-state index >= 15 is 0 Å². The summed E-state index contributed by atoms with van der Waals surface area (Å²) in [6.45, 7) is -0.295. The summed E-state index contributed by atoms with van der Waals surface area (Å²) in [5.74, 6) is -0.0552. The zero-order valence-electron chi connectivity index (χ0n) is 11.6. The molecule has 0 amide bonds. The number of nitro groups is 1. The Morgan fingerprint density at radius 2 is 1.95 bits per heavy atom. The number of thiol groups is 1. The molecule has 2 N–H and O–H groups in total. The molecule has 0 aliphatic heterocycles. The summed E-state index contributed by atoms with van der Waals surface area (Å²) >= 11 is 3.87. The molecule has 116 valence electrons. The number of hydrogen-bond donors (Lipinski definition) is 2. The Kier molecular flexibility index (Phi) is 6.25. The molecule has 1 aromatic carbocycles. The number of hydrogen-bond acceptors (Lipinski definition) is 8. The van der Waals surface area contributed by atoms with Gasteiger partial charge >= 0.3 is 5.97 Å². The highest BCUT2D eigenvalue weighted by molar-refractivity contribution is 7.80. The van der Waals surface area contributed by atoms with Gasteiger partial charge < -0.3 is 19.9 Å². The van der Waals surface area contributed by atoms with Gasteiger partial charge in [0.2, 0.25) is 0 Å². The molecular weight excluding hydrogens is 300 g/mol. The van der Waals surface area contributed by atoms with E-state index in [-0.39, 0.29) is 29.4 Å². The van der Waals surface area contributed by atoms with E-state index in [9.17, 15) is 14.9 Å². The normalized spacial score (nSPS) is 11.6. The van der Waals surface area contributed by atoms with Crippen molar-refractivity contribution >= 4 is 24.3 Å². The predicted octanol–water partition coefficient (Wildman–Crippen LogP) is 0.912. The molecule has 0 spiro atoms. The fourth-order valence-electron chi connectivity index (χ4n) is 1.53. The number of nitrogens with zero attached hydrogens (tertiary/aromatic N) is 1. The number of nitro benzene ring substituents is 1. The van der Waals surface area contributed by atoms with E-state index in [1.165, 1.54) is 26.4 Å². The maximum absolute atomic E-state index is 11.5. The summed E-state index contributed by atoms with van der Waals surface area (Å²) in [6, 6.07) is 1.71.